The van der Waals surface area contributed by atoms with Gasteiger partial charge in [-0.1, -0.05) is 6.92 Å². The second-order valence-electron chi connectivity index (χ2n) is 3.10. The summed E-state index contributed by atoms with van der Waals surface area (Å²) in [5.74, 6) is 0.762. The highest BCUT2D eigenvalue weighted by molar-refractivity contribution is 4.69. The molecule has 1 rings (SSSR count). The average Bonchev–Trinajstić information content (AvgIpc) is 1.80. The monoisotopic (exact) mass is 129 g/mol. The average molecular weight is 129 g/mol. The van der Waals surface area contributed by atoms with Gasteiger partial charge in [0.05, 0.1) is 0 Å². The van der Waals surface area contributed by atoms with Gasteiger partial charge in [-0.25, -0.2) is 0 Å². The Morgan fingerprint density at radius 3 is 2.56 bits per heavy atom. The molecule has 0 aromatic rings. The van der Waals surface area contributed by atoms with Crippen molar-refractivity contribution in [3.63, 3.8) is 0 Å². The van der Waals surface area contributed by atoms with Crippen molar-refractivity contribution in [1.82, 2.24) is 4.90 Å². The third-order valence-corrected chi connectivity index (χ3v) is 2.03. The highest BCUT2D eigenvalue weighted by atomic mass is 16.3. The third-order valence-electron chi connectivity index (χ3n) is 2.03. The lowest BCUT2D eigenvalue weighted by Gasteiger charge is -2.32. The standard InChI is InChI=1S/C7H15NO/c1-6-3-4-7(9)8(2)5-6/h6-7,9H,3-5H2,1-2H3. The van der Waals surface area contributed by atoms with Crippen LogP contribution in [0.5, 0.6) is 0 Å². The number of likely N-dealkylation sites (tertiary alicyclic amines) is 1. The van der Waals surface area contributed by atoms with E-state index in [-0.39, 0.29) is 6.23 Å². The fourth-order valence-corrected chi connectivity index (χ4v) is 1.36. The van der Waals surface area contributed by atoms with Crippen molar-refractivity contribution in [2.24, 2.45) is 5.92 Å². The summed E-state index contributed by atoms with van der Waals surface area (Å²) in [5, 5.41) is 9.22. The Labute approximate surface area is 56.5 Å². The van der Waals surface area contributed by atoms with Crippen LogP contribution in [0.2, 0.25) is 0 Å². The van der Waals surface area contributed by atoms with E-state index in [9.17, 15) is 5.11 Å². The minimum absolute atomic E-state index is 0.179. The third kappa shape index (κ3) is 1.66. The molecule has 1 aliphatic rings. The van der Waals surface area contributed by atoms with Gasteiger partial charge < -0.3 is 5.11 Å². The van der Waals surface area contributed by atoms with Gasteiger partial charge in [-0.3, -0.25) is 4.90 Å². The molecule has 1 aliphatic heterocycles. The summed E-state index contributed by atoms with van der Waals surface area (Å²) in [6.45, 7) is 3.27. The van der Waals surface area contributed by atoms with Gasteiger partial charge in [0, 0.05) is 6.54 Å². The Balaban J connectivity index is 2.35. The molecule has 1 N–H and O–H groups in total. The maximum atomic E-state index is 9.22. The number of piperidine rings is 1. The van der Waals surface area contributed by atoms with Crippen molar-refractivity contribution < 1.29 is 5.11 Å². The van der Waals surface area contributed by atoms with E-state index < -0.39 is 0 Å². The zero-order chi connectivity index (χ0) is 6.85. The highest BCUT2D eigenvalue weighted by Gasteiger charge is 2.19. The van der Waals surface area contributed by atoms with E-state index >= 15 is 0 Å². The van der Waals surface area contributed by atoms with Crippen LogP contribution in [0.25, 0.3) is 0 Å². The lowest BCUT2D eigenvalue weighted by molar-refractivity contribution is -0.0214. The molecule has 9 heavy (non-hydrogen) atoms. The first-order valence-corrected chi connectivity index (χ1v) is 3.58. The van der Waals surface area contributed by atoms with Crippen molar-refractivity contribution in [1.29, 1.82) is 0 Å². The van der Waals surface area contributed by atoms with E-state index in [1.165, 1.54) is 6.42 Å². The van der Waals surface area contributed by atoms with Gasteiger partial charge in [0.2, 0.25) is 0 Å². The second kappa shape index (κ2) is 2.67. The molecular weight excluding hydrogens is 114 g/mol. The summed E-state index contributed by atoms with van der Waals surface area (Å²) in [4.78, 5) is 2.01. The number of aliphatic hydroxyl groups is 1. The van der Waals surface area contributed by atoms with Gasteiger partial charge in [0.1, 0.15) is 6.23 Å². The van der Waals surface area contributed by atoms with Crippen LogP contribution in [-0.2, 0) is 0 Å². The van der Waals surface area contributed by atoms with E-state index in [1.54, 1.807) is 0 Å². The first-order valence-electron chi connectivity index (χ1n) is 3.58. The molecule has 2 unspecified atom stereocenters. The minimum Gasteiger partial charge on any atom is -0.378 e. The highest BCUT2D eigenvalue weighted by Crippen LogP contribution is 2.17. The lowest BCUT2D eigenvalue weighted by atomic mass is 10.00. The summed E-state index contributed by atoms with van der Waals surface area (Å²) in [5.41, 5.74) is 0. The Bertz CT molecular complexity index is 94.9. The van der Waals surface area contributed by atoms with Gasteiger partial charge in [-0.15, -0.1) is 0 Å². The zero-order valence-corrected chi connectivity index (χ0v) is 6.17. The van der Waals surface area contributed by atoms with Crippen LogP contribution in [0.15, 0.2) is 0 Å². The molecule has 0 aromatic heterocycles. The van der Waals surface area contributed by atoms with Crippen LogP contribution >= 0.6 is 0 Å². The molecule has 0 aliphatic carbocycles. The number of hydrogen-bond donors (Lipinski definition) is 1. The Kier molecular flexibility index (Phi) is 2.09. The predicted molar refractivity (Wildman–Crippen MR) is 37.0 cm³/mol. The Morgan fingerprint density at radius 2 is 2.11 bits per heavy atom. The molecule has 0 radical (unpaired) electrons. The fraction of sp³-hybridized carbons (Fsp3) is 1.00. The lowest BCUT2D eigenvalue weighted by Crippen LogP contribution is -2.39. The molecule has 0 amide bonds. The molecule has 2 heteroatoms. The van der Waals surface area contributed by atoms with Crippen LogP contribution in [0.1, 0.15) is 19.8 Å². The predicted octanol–water partition coefficient (Wildman–Crippen LogP) is 0.667. The molecule has 1 fully saturated rings. The van der Waals surface area contributed by atoms with Crippen LogP contribution in [-0.4, -0.2) is 29.8 Å². The van der Waals surface area contributed by atoms with Crippen molar-refractivity contribution >= 4 is 0 Å². The van der Waals surface area contributed by atoms with Gasteiger partial charge in [0.15, 0.2) is 0 Å². The molecule has 0 saturated carbocycles. The maximum Gasteiger partial charge on any atom is 0.107 e. The Morgan fingerprint density at radius 1 is 1.44 bits per heavy atom. The van der Waals surface area contributed by atoms with E-state index in [2.05, 4.69) is 6.92 Å². The quantitative estimate of drug-likeness (QED) is 0.519. The largest absolute Gasteiger partial charge is 0.378 e. The molecule has 54 valence electrons. The van der Waals surface area contributed by atoms with E-state index in [4.69, 9.17) is 0 Å². The summed E-state index contributed by atoms with van der Waals surface area (Å²) < 4.78 is 0. The molecule has 2 nitrogen and oxygen atoms in total. The van der Waals surface area contributed by atoms with Gasteiger partial charge in [-0.05, 0) is 25.8 Å². The minimum atomic E-state index is -0.179. The zero-order valence-electron chi connectivity index (χ0n) is 6.17. The molecule has 0 spiro atoms. The number of nitrogens with zero attached hydrogens (tertiary/aromatic N) is 1. The molecule has 1 heterocycles. The van der Waals surface area contributed by atoms with Gasteiger partial charge in [-0.2, -0.15) is 0 Å². The van der Waals surface area contributed by atoms with Crippen LogP contribution in [0.4, 0.5) is 0 Å². The van der Waals surface area contributed by atoms with E-state index in [0.29, 0.717) is 0 Å². The number of rotatable bonds is 0. The van der Waals surface area contributed by atoms with Crippen LogP contribution in [0, 0.1) is 5.92 Å². The van der Waals surface area contributed by atoms with Crippen LogP contribution < -0.4 is 0 Å². The topological polar surface area (TPSA) is 23.5 Å². The summed E-state index contributed by atoms with van der Waals surface area (Å²) in [6, 6.07) is 0. The molecular formula is C7H15NO. The first kappa shape index (κ1) is 7.03. The maximum absolute atomic E-state index is 9.22. The van der Waals surface area contributed by atoms with E-state index in [1.807, 2.05) is 11.9 Å². The Hall–Kier alpha value is -0.0800. The normalized spacial score (nSPS) is 39.0. The van der Waals surface area contributed by atoms with E-state index in [0.717, 1.165) is 18.9 Å². The fourth-order valence-electron chi connectivity index (χ4n) is 1.36. The SMILES string of the molecule is CC1CCC(O)N(C)C1. The summed E-state index contributed by atoms with van der Waals surface area (Å²) in [6.07, 6.45) is 1.93. The van der Waals surface area contributed by atoms with Crippen LogP contribution in [0.3, 0.4) is 0 Å². The van der Waals surface area contributed by atoms with Crippen molar-refractivity contribution in [3.05, 3.63) is 0 Å². The van der Waals surface area contributed by atoms with Crippen molar-refractivity contribution in [3.8, 4) is 0 Å². The molecule has 0 bridgehead atoms. The second-order valence-corrected chi connectivity index (χ2v) is 3.10. The van der Waals surface area contributed by atoms with Crippen molar-refractivity contribution in [2.75, 3.05) is 13.6 Å². The molecule has 0 aromatic carbocycles. The first-order chi connectivity index (χ1) is 4.20. The number of aliphatic hydroxyl groups excluding tert-OH is 1. The summed E-state index contributed by atoms with van der Waals surface area (Å²) in [7, 11) is 1.97. The number of hydrogen-bond acceptors (Lipinski definition) is 2. The summed E-state index contributed by atoms with van der Waals surface area (Å²) >= 11 is 0. The molecule has 2 atom stereocenters. The van der Waals surface area contributed by atoms with Gasteiger partial charge in [0.25, 0.3) is 0 Å². The van der Waals surface area contributed by atoms with Gasteiger partial charge >= 0.3 is 0 Å². The molecule has 1 saturated heterocycles. The van der Waals surface area contributed by atoms with Crippen molar-refractivity contribution in [2.45, 2.75) is 26.0 Å². The smallest absolute Gasteiger partial charge is 0.107 e.